The third-order valence-electron chi connectivity index (χ3n) is 4.08. The quantitative estimate of drug-likeness (QED) is 0.640. The van der Waals surface area contributed by atoms with E-state index in [9.17, 15) is 4.79 Å². The number of aliphatic carboxylic acids is 1. The van der Waals surface area contributed by atoms with Gasteiger partial charge in [-0.1, -0.05) is 33.0 Å². The van der Waals surface area contributed by atoms with Crippen LogP contribution >= 0.6 is 12.2 Å². The van der Waals surface area contributed by atoms with E-state index in [-0.39, 0.29) is 0 Å². The van der Waals surface area contributed by atoms with E-state index in [1.54, 1.807) is 6.08 Å². The van der Waals surface area contributed by atoms with E-state index in [2.05, 4.69) is 25.8 Å². The molecule has 0 saturated heterocycles. The Bertz CT molecular complexity index is 608. The van der Waals surface area contributed by atoms with Crippen molar-refractivity contribution < 1.29 is 9.90 Å². The lowest BCUT2D eigenvalue weighted by Gasteiger charge is -2.34. The second kappa shape index (κ2) is 5.52. The van der Waals surface area contributed by atoms with Gasteiger partial charge in [-0.2, -0.15) is 0 Å². The van der Waals surface area contributed by atoms with E-state index >= 15 is 0 Å². The van der Waals surface area contributed by atoms with Gasteiger partial charge in [-0.15, -0.1) is 0 Å². The third-order valence-corrected chi connectivity index (χ3v) is 4.42. The summed E-state index contributed by atoms with van der Waals surface area (Å²) in [4.78, 5) is 13.9. The van der Waals surface area contributed by atoms with Crippen LogP contribution < -0.4 is 0 Å². The number of hydrogen-bond acceptors (Lipinski definition) is 2. The molecule has 0 amide bonds. The molecule has 0 fully saturated rings. The van der Waals surface area contributed by atoms with Gasteiger partial charge in [-0.3, -0.25) is 0 Å². The maximum atomic E-state index is 10.6. The number of aromatic amines is 1. The Hall–Kier alpha value is -1.42. The molecule has 1 aliphatic carbocycles. The van der Waals surface area contributed by atoms with Crippen LogP contribution in [0.2, 0.25) is 0 Å². The molecule has 4 heteroatoms. The fourth-order valence-corrected chi connectivity index (χ4v) is 3.00. The molecule has 0 radical (unpaired) electrons. The van der Waals surface area contributed by atoms with E-state index < -0.39 is 5.97 Å². The van der Waals surface area contributed by atoms with Crippen molar-refractivity contribution in [2.45, 2.75) is 40.0 Å². The Morgan fingerprint density at radius 1 is 1.50 bits per heavy atom. The molecule has 108 valence electrons. The predicted octanol–water partition coefficient (Wildman–Crippen LogP) is 3.99. The Labute approximate surface area is 124 Å². The first-order valence-corrected chi connectivity index (χ1v) is 7.34. The van der Waals surface area contributed by atoms with Crippen molar-refractivity contribution in [3.8, 4) is 0 Å². The van der Waals surface area contributed by atoms with Crippen molar-refractivity contribution in [1.82, 2.24) is 4.98 Å². The minimum atomic E-state index is -0.954. The maximum Gasteiger partial charge on any atom is 0.328 e. The highest BCUT2D eigenvalue weighted by Gasteiger charge is 2.29. The van der Waals surface area contributed by atoms with Gasteiger partial charge in [0, 0.05) is 17.3 Å². The summed E-state index contributed by atoms with van der Waals surface area (Å²) in [6.45, 7) is 6.83. The second-order valence-corrected chi connectivity index (χ2v) is 6.94. The first kappa shape index (κ1) is 15.0. The second-order valence-electron chi connectivity index (χ2n) is 6.53. The standard InChI is InChI=1S/C16H21NO2S/c1-16(2,3)12-5-6-13-11(9-12)8-10(15(20)17-13)4-7-14(18)19/h4,7-8,12H,5-6,9H2,1-3H3,(H,17,20)(H,18,19)/b7-4+. The van der Waals surface area contributed by atoms with Crippen molar-refractivity contribution in [3.63, 3.8) is 0 Å². The average Bonchev–Trinajstić information content (AvgIpc) is 2.34. The number of H-pyrrole nitrogens is 1. The molecule has 2 rings (SSSR count). The van der Waals surface area contributed by atoms with Crippen molar-refractivity contribution in [2.24, 2.45) is 11.3 Å². The summed E-state index contributed by atoms with van der Waals surface area (Å²) in [5, 5.41) is 8.72. The maximum absolute atomic E-state index is 10.6. The minimum absolute atomic E-state index is 0.293. The lowest BCUT2D eigenvalue weighted by atomic mass is 9.71. The van der Waals surface area contributed by atoms with E-state index in [1.165, 1.54) is 17.7 Å². The molecule has 0 spiro atoms. The van der Waals surface area contributed by atoms with Crippen LogP contribution in [0.15, 0.2) is 12.1 Å². The first-order valence-electron chi connectivity index (χ1n) is 6.93. The number of pyridine rings is 1. The zero-order chi connectivity index (χ0) is 14.9. The zero-order valence-corrected chi connectivity index (χ0v) is 13.0. The Morgan fingerprint density at radius 3 is 2.80 bits per heavy atom. The van der Waals surface area contributed by atoms with E-state index in [0.717, 1.165) is 24.5 Å². The molecule has 2 N–H and O–H groups in total. The molecule has 0 aliphatic heterocycles. The van der Waals surface area contributed by atoms with Crippen molar-refractivity contribution >= 4 is 24.3 Å². The van der Waals surface area contributed by atoms with Crippen LogP contribution in [-0.2, 0) is 17.6 Å². The highest BCUT2D eigenvalue weighted by Crippen LogP contribution is 2.37. The van der Waals surface area contributed by atoms with Crippen LogP contribution in [0.5, 0.6) is 0 Å². The van der Waals surface area contributed by atoms with Crippen LogP contribution in [0, 0.1) is 16.0 Å². The molecule has 3 nitrogen and oxygen atoms in total. The molecule has 0 aromatic carbocycles. The van der Waals surface area contributed by atoms with Gasteiger partial charge < -0.3 is 10.1 Å². The predicted molar refractivity (Wildman–Crippen MR) is 83.3 cm³/mol. The van der Waals surface area contributed by atoms with Crippen molar-refractivity contribution in [3.05, 3.63) is 33.6 Å². The summed E-state index contributed by atoms with van der Waals surface area (Å²) in [5.74, 6) is -0.305. The summed E-state index contributed by atoms with van der Waals surface area (Å²) < 4.78 is 0.621. The largest absolute Gasteiger partial charge is 0.478 e. The number of carboxylic acid groups (broad SMARTS) is 1. The Balaban J connectivity index is 2.34. The smallest absolute Gasteiger partial charge is 0.328 e. The summed E-state index contributed by atoms with van der Waals surface area (Å²) in [6, 6.07) is 2.05. The van der Waals surface area contributed by atoms with Gasteiger partial charge >= 0.3 is 5.97 Å². The molecule has 1 heterocycles. The monoisotopic (exact) mass is 291 g/mol. The number of carbonyl (C=O) groups is 1. The van der Waals surface area contributed by atoms with Crippen molar-refractivity contribution in [1.29, 1.82) is 0 Å². The third kappa shape index (κ3) is 3.37. The minimum Gasteiger partial charge on any atom is -0.478 e. The number of hydrogen-bond donors (Lipinski definition) is 2. The molecule has 0 bridgehead atoms. The molecular weight excluding hydrogens is 270 g/mol. The molecule has 1 unspecified atom stereocenters. The lowest BCUT2D eigenvalue weighted by molar-refractivity contribution is -0.131. The molecular formula is C16H21NO2S. The number of rotatable bonds is 2. The summed E-state index contributed by atoms with van der Waals surface area (Å²) in [6.07, 6.45) is 5.92. The normalized spacial score (nSPS) is 19.1. The highest BCUT2D eigenvalue weighted by molar-refractivity contribution is 7.71. The summed E-state index contributed by atoms with van der Waals surface area (Å²) in [5.41, 5.74) is 3.56. The van der Waals surface area contributed by atoms with Crippen molar-refractivity contribution in [2.75, 3.05) is 0 Å². The molecule has 0 saturated carbocycles. The van der Waals surface area contributed by atoms with Gasteiger partial charge in [0.05, 0.1) is 0 Å². The number of fused-ring (bicyclic) bond motifs is 1. The van der Waals surface area contributed by atoms with E-state index in [0.29, 0.717) is 16.0 Å². The Morgan fingerprint density at radius 2 is 2.20 bits per heavy atom. The summed E-state index contributed by atoms with van der Waals surface area (Å²) >= 11 is 5.29. The molecule has 1 aromatic rings. The van der Waals surface area contributed by atoms with Crippen LogP contribution in [0.1, 0.15) is 44.0 Å². The fourth-order valence-electron chi connectivity index (χ4n) is 2.75. The summed E-state index contributed by atoms with van der Waals surface area (Å²) in [7, 11) is 0. The zero-order valence-electron chi connectivity index (χ0n) is 12.2. The SMILES string of the molecule is CC(C)(C)C1CCc2[nH]c(=S)c(/C=C/C(=O)O)cc2C1. The fraction of sp³-hybridized carbons (Fsp3) is 0.500. The Kier molecular flexibility index (Phi) is 4.14. The van der Waals surface area contributed by atoms with Gasteiger partial charge in [0.2, 0.25) is 0 Å². The van der Waals surface area contributed by atoms with Gasteiger partial charge in [0.15, 0.2) is 0 Å². The van der Waals surface area contributed by atoms with E-state index in [1.807, 2.05) is 6.07 Å². The lowest BCUT2D eigenvalue weighted by Crippen LogP contribution is -2.27. The highest BCUT2D eigenvalue weighted by atomic mass is 32.1. The molecule has 1 atom stereocenters. The number of aromatic nitrogens is 1. The number of aryl methyl sites for hydroxylation is 1. The van der Waals surface area contributed by atoms with Crippen LogP contribution in [-0.4, -0.2) is 16.1 Å². The number of nitrogens with one attached hydrogen (secondary N) is 1. The number of carboxylic acids is 1. The van der Waals surface area contributed by atoms with Crippen LogP contribution in [0.3, 0.4) is 0 Å². The van der Waals surface area contributed by atoms with Gasteiger partial charge in [0.1, 0.15) is 4.64 Å². The molecule has 1 aromatic heterocycles. The molecule has 20 heavy (non-hydrogen) atoms. The van der Waals surface area contributed by atoms with Crippen LogP contribution in [0.4, 0.5) is 0 Å². The van der Waals surface area contributed by atoms with Crippen LogP contribution in [0.25, 0.3) is 6.08 Å². The molecule has 1 aliphatic rings. The first-order chi connectivity index (χ1) is 9.27. The topological polar surface area (TPSA) is 53.1 Å². The average molecular weight is 291 g/mol. The van der Waals surface area contributed by atoms with Gasteiger partial charge in [-0.05, 0) is 48.3 Å². The van der Waals surface area contributed by atoms with Gasteiger partial charge in [-0.25, -0.2) is 4.79 Å². The van der Waals surface area contributed by atoms with E-state index in [4.69, 9.17) is 17.3 Å². The van der Waals surface area contributed by atoms with Gasteiger partial charge in [0.25, 0.3) is 0 Å².